The zero-order valence-corrected chi connectivity index (χ0v) is 15.5. The molecule has 1 aromatic heterocycles. The summed E-state index contributed by atoms with van der Waals surface area (Å²) in [4.78, 5) is 39.1. The summed E-state index contributed by atoms with van der Waals surface area (Å²) in [7, 11) is 1.52. The normalized spacial score (nSPS) is 12.0. The Hall–Kier alpha value is -2.35. The summed E-state index contributed by atoms with van der Waals surface area (Å²) < 4.78 is 15.2. The third-order valence-corrected chi connectivity index (χ3v) is 3.45. The molecule has 25 heavy (non-hydrogen) atoms. The van der Waals surface area contributed by atoms with Crippen molar-refractivity contribution in [3.63, 3.8) is 0 Å². The number of carbonyl (C=O) groups is 3. The van der Waals surface area contributed by atoms with E-state index in [1.54, 1.807) is 27.7 Å². The second-order valence-electron chi connectivity index (χ2n) is 5.91. The van der Waals surface area contributed by atoms with Crippen LogP contribution in [-0.4, -0.2) is 55.3 Å². The number of methoxy groups -OCH3 is 1. The third-order valence-electron chi connectivity index (χ3n) is 3.45. The van der Waals surface area contributed by atoms with Crippen molar-refractivity contribution < 1.29 is 28.6 Å². The van der Waals surface area contributed by atoms with Gasteiger partial charge in [-0.05, 0) is 40.2 Å². The minimum absolute atomic E-state index is 0.129. The number of aromatic amines is 1. The number of ether oxygens (including phenoxy) is 3. The Balaban J connectivity index is 2.82. The van der Waals surface area contributed by atoms with E-state index in [0.717, 1.165) is 0 Å². The van der Waals surface area contributed by atoms with Crippen molar-refractivity contribution in [2.75, 3.05) is 20.3 Å². The van der Waals surface area contributed by atoms with E-state index in [1.165, 1.54) is 14.0 Å². The van der Waals surface area contributed by atoms with E-state index in [0.29, 0.717) is 30.0 Å². The van der Waals surface area contributed by atoms with Crippen LogP contribution >= 0.6 is 0 Å². The highest BCUT2D eigenvalue weighted by molar-refractivity contribution is 5.99. The Morgan fingerprint density at radius 2 is 1.72 bits per heavy atom. The first-order valence-corrected chi connectivity index (χ1v) is 8.06. The number of hydrogen-bond acceptors (Lipinski definition) is 6. The first-order chi connectivity index (χ1) is 11.7. The van der Waals surface area contributed by atoms with Crippen LogP contribution in [0.5, 0.6) is 0 Å². The van der Waals surface area contributed by atoms with Crippen molar-refractivity contribution in [2.45, 2.75) is 46.8 Å². The third kappa shape index (κ3) is 5.60. The minimum atomic E-state index is -0.974. The van der Waals surface area contributed by atoms with Crippen molar-refractivity contribution >= 4 is 17.8 Å². The molecule has 1 atom stereocenters. The summed E-state index contributed by atoms with van der Waals surface area (Å²) in [6, 6.07) is 0. The fourth-order valence-electron chi connectivity index (χ4n) is 2.23. The van der Waals surface area contributed by atoms with E-state index >= 15 is 0 Å². The van der Waals surface area contributed by atoms with Gasteiger partial charge in [-0.15, -0.1) is 0 Å². The number of aromatic nitrogens is 1. The quantitative estimate of drug-likeness (QED) is 0.541. The molecule has 1 heterocycles. The van der Waals surface area contributed by atoms with Crippen LogP contribution in [0.2, 0.25) is 0 Å². The van der Waals surface area contributed by atoms with Gasteiger partial charge in [-0.3, -0.25) is 4.79 Å². The Bertz CT molecular complexity index is 635. The van der Waals surface area contributed by atoms with Crippen LogP contribution in [0.4, 0.5) is 0 Å². The molecule has 1 rings (SSSR count). The molecule has 2 N–H and O–H groups in total. The highest BCUT2D eigenvalue weighted by Gasteiger charge is 2.26. The van der Waals surface area contributed by atoms with E-state index in [-0.39, 0.29) is 11.8 Å². The molecule has 0 saturated carbocycles. The lowest BCUT2D eigenvalue weighted by atomic mass is 10.1. The maximum Gasteiger partial charge on any atom is 0.355 e. The van der Waals surface area contributed by atoms with Gasteiger partial charge in [0.2, 0.25) is 0 Å². The standard InChI is InChI=1S/C17H26N2O6/c1-9(2)24-16(21)13-10(3)14(19-11(13)4)17(22)25-12(5)15(20)18-7-8-23-6/h9,12,19H,7-8H2,1-6H3,(H,18,20)/t12-/m1/s1. The van der Waals surface area contributed by atoms with Crippen LogP contribution in [0.3, 0.4) is 0 Å². The lowest BCUT2D eigenvalue weighted by Crippen LogP contribution is -2.37. The molecule has 0 spiro atoms. The summed E-state index contributed by atoms with van der Waals surface area (Å²) in [6.07, 6.45) is -1.24. The summed E-state index contributed by atoms with van der Waals surface area (Å²) in [5.74, 6) is -1.64. The van der Waals surface area contributed by atoms with Gasteiger partial charge in [-0.2, -0.15) is 0 Å². The van der Waals surface area contributed by atoms with Gasteiger partial charge in [-0.25, -0.2) is 9.59 Å². The Morgan fingerprint density at radius 1 is 1.08 bits per heavy atom. The molecule has 0 unspecified atom stereocenters. The predicted molar refractivity (Wildman–Crippen MR) is 90.6 cm³/mol. The van der Waals surface area contributed by atoms with Gasteiger partial charge in [0, 0.05) is 19.3 Å². The number of nitrogens with one attached hydrogen (secondary N) is 2. The van der Waals surface area contributed by atoms with Crippen molar-refractivity contribution in [1.29, 1.82) is 0 Å². The average Bonchev–Trinajstić information content (AvgIpc) is 2.81. The maximum atomic E-state index is 12.3. The Labute approximate surface area is 147 Å². The van der Waals surface area contributed by atoms with Crippen molar-refractivity contribution in [3.05, 3.63) is 22.5 Å². The van der Waals surface area contributed by atoms with Crippen LogP contribution < -0.4 is 5.32 Å². The highest BCUT2D eigenvalue weighted by atomic mass is 16.6. The molecule has 8 heteroatoms. The number of esters is 2. The van der Waals surface area contributed by atoms with Gasteiger partial charge >= 0.3 is 11.9 Å². The number of carbonyl (C=O) groups excluding carboxylic acids is 3. The summed E-state index contributed by atoms with van der Waals surface area (Å²) in [6.45, 7) is 8.94. The van der Waals surface area contributed by atoms with E-state index in [2.05, 4.69) is 10.3 Å². The highest BCUT2D eigenvalue weighted by Crippen LogP contribution is 2.20. The van der Waals surface area contributed by atoms with E-state index in [9.17, 15) is 14.4 Å². The van der Waals surface area contributed by atoms with Crippen molar-refractivity contribution in [1.82, 2.24) is 10.3 Å². The SMILES string of the molecule is COCCNC(=O)[C@@H](C)OC(=O)c1[nH]c(C)c(C(=O)OC(C)C)c1C. The number of aryl methyl sites for hydroxylation is 1. The monoisotopic (exact) mass is 354 g/mol. The smallest absolute Gasteiger partial charge is 0.355 e. The molecule has 0 radical (unpaired) electrons. The number of rotatable bonds is 8. The number of amides is 1. The van der Waals surface area contributed by atoms with Crippen LogP contribution in [0.25, 0.3) is 0 Å². The minimum Gasteiger partial charge on any atom is -0.459 e. The molecule has 1 aromatic rings. The van der Waals surface area contributed by atoms with E-state index in [4.69, 9.17) is 14.2 Å². The predicted octanol–water partition coefficient (Wildman–Crippen LogP) is 1.50. The topological polar surface area (TPSA) is 107 Å². The molecule has 1 amide bonds. The molecular weight excluding hydrogens is 328 g/mol. The molecule has 0 fully saturated rings. The van der Waals surface area contributed by atoms with E-state index in [1.807, 2.05) is 0 Å². The first-order valence-electron chi connectivity index (χ1n) is 8.06. The van der Waals surface area contributed by atoms with Gasteiger partial charge in [0.05, 0.1) is 18.3 Å². The number of H-pyrrole nitrogens is 1. The second-order valence-corrected chi connectivity index (χ2v) is 5.91. The van der Waals surface area contributed by atoms with Gasteiger partial charge in [0.15, 0.2) is 6.10 Å². The van der Waals surface area contributed by atoms with Gasteiger partial charge in [0.1, 0.15) is 5.69 Å². The van der Waals surface area contributed by atoms with Crippen LogP contribution in [0, 0.1) is 13.8 Å². The zero-order chi connectivity index (χ0) is 19.1. The molecular formula is C17H26N2O6. The first kappa shape index (κ1) is 20.7. The zero-order valence-electron chi connectivity index (χ0n) is 15.5. The second kappa shape index (κ2) is 9.22. The molecule has 0 saturated heterocycles. The van der Waals surface area contributed by atoms with Gasteiger partial charge in [-0.1, -0.05) is 0 Å². The van der Waals surface area contributed by atoms with Crippen LogP contribution in [0.1, 0.15) is 52.9 Å². The Morgan fingerprint density at radius 3 is 2.28 bits per heavy atom. The fourth-order valence-corrected chi connectivity index (χ4v) is 2.23. The van der Waals surface area contributed by atoms with Gasteiger partial charge in [0.25, 0.3) is 5.91 Å². The average molecular weight is 354 g/mol. The Kier molecular flexibility index (Phi) is 7.63. The van der Waals surface area contributed by atoms with Crippen molar-refractivity contribution in [3.8, 4) is 0 Å². The van der Waals surface area contributed by atoms with E-state index < -0.39 is 23.9 Å². The number of hydrogen-bond donors (Lipinski definition) is 2. The lowest BCUT2D eigenvalue weighted by molar-refractivity contribution is -0.129. The molecule has 0 aromatic carbocycles. The molecule has 0 aliphatic heterocycles. The lowest BCUT2D eigenvalue weighted by Gasteiger charge is -2.13. The summed E-state index contributed by atoms with van der Waals surface area (Å²) in [5, 5.41) is 2.59. The largest absolute Gasteiger partial charge is 0.459 e. The maximum absolute atomic E-state index is 12.3. The summed E-state index contributed by atoms with van der Waals surface area (Å²) in [5.41, 5.74) is 1.37. The molecule has 0 aliphatic carbocycles. The van der Waals surface area contributed by atoms with Crippen LogP contribution in [0.15, 0.2) is 0 Å². The molecule has 0 aliphatic rings. The molecule has 0 bridgehead atoms. The van der Waals surface area contributed by atoms with Crippen molar-refractivity contribution in [2.24, 2.45) is 0 Å². The molecule has 8 nitrogen and oxygen atoms in total. The summed E-state index contributed by atoms with van der Waals surface area (Å²) >= 11 is 0. The fraction of sp³-hybridized carbons (Fsp3) is 0.588. The van der Waals surface area contributed by atoms with Crippen LogP contribution in [-0.2, 0) is 19.0 Å². The van der Waals surface area contributed by atoms with Gasteiger partial charge < -0.3 is 24.5 Å². The molecule has 140 valence electrons.